The van der Waals surface area contributed by atoms with E-state index in [9.17, 15) is 18.0 Å². The lowest BCUT2D eigenvalue weighted by molar-refractivity contribution is -0.146. The summed E-state index contributed by atoms with van der Waals surface area (Å²) in [4.78, 5) is 24.9. The van der Waals surface area contributed by atoms with Crippen molar-refractivity contribution in [2.45, 2.75) is 49.5 Å². The molecule has 2 N–H and O–H groups in total. The van der Waals surface area contributed by atoms with Crippen molar-refractivity contribution in [3.8, 4) is 0 Å². The fourth-order valence-electron chi connectivity index (χ4n) is 4.05. The normalized spacial score (nSPS) is 14.1. The molecular formula is C28H30N2O5S. The van der Waals surface area contributed by atoms with E-state index in [0.29, 0.717) is 18.7 Å². The largest absolute Gasteiger partial charge is 0.465 e. The van der Waals surface area contributed by atoms with E-state index in [2.05, 4.69) is 10.0 Å². The molecule has 3 aromatic rings. The quantitative estimate of drug-likeness (QED) is 0.377. The molecule has 1 aliphatic carbocycles. The van der Waals surface area contributed by atoms with E-state index in [1.54, 1.807) is 43.3 Å². The summed E-state index contributed by atoms with van der Waals surface area (Å²) < 4.78 is 32.9. The molecule has 0 spiro atoms. The lowest BCUT2D eigenvalue weighted by Crippen LogP contribution is -2.23. The fourth-order valence-corrected chi connectivity index (χ4v) is 5.07. The van der Waals surface area contributed by atoms with Crippen LogP contribution in [0.4, 0.5) is 5.69 Å². The molecule has 0 atom stereocenters. The molecule has 1 amide bonds. The SMILES string of the molecule is CCOC(=O)C1(c2ccc(NC(=O)CCc3ccc(S(=O)(=O)NCc4ccccc4)cc3)cc2)CC1. The van der Waals surface area contributed by atoms with Gasteiger partial charge in [0, 0.05) is 18.7 Å². The molecule has 0 radical (unpaired) electrons. The molecule has 1 saturated carbocycles. The van der Waals surface area contributed by atoms with Crippen molar-refractivity contribution in [1.82, 2.24) is 4.72 Å². The predicted molar refractivity (Wildman–Crippen MR) is 138 cm³/mol. The van der Waals surface area contributed by atoms with Crippen LogP contribution in [0.2, 0.25) is 0 Å². The highest BCUT2D eigenvalue weighted by Gasteiger charge is 2.52. The Bertz CT molecular complexity index is 1300. The molecule has 8 heteroatoms. The zero-order chi connectivity index (χ0) is 25.6. The molecule has 1 aliphatic rings. The van der Waals surface area contributed by atoms with Crippen molar-refractivity contribution < 1.29 is 22.7 Å². The number of anilines is 1. The molecule has 1 fully saturated rings. The Morgan fingerprint density at radius 1 is 0.889 bits per heavy atom. The first-order chi connectivity index (χ1) is 17.3. The van der Waals surface area contributed by atoms with Crippen molar-refractivity contribution in [2.24, 2.45) is 0 Å². The lowest BCUT2D eigenvalue weighted by atomic mass is 9.96. The molecule has 0 unspecified atom stereocenters. The molecule has 188 valence electrons. The number of amides is 1. The van der Waals surface area contributed by atoms with E-state index in [0.717, 1.165) is 29.5 Å². The van der Waals surface area contributed by atoms with Gasteiger partial charge >= 0.3 is 5.97 Å². The minimum atomic E-state index is -3.62. The molecule has 0 bridgehead atoms. The molecule has 7 nitrogen and oxygen atoms in total. The highest BCUT2D eigenvalue weighted by Crippen LogP contribution is 2.49. The third-order valence-corrected chi connectivity index (χ3v) is 7.74. The molecule has 0 aliphatic heterocycles. The first-order valence-electron chi connectivity index (χ1n) is 12.0. The number of ether oxygens (including phenoxy) is 1. The average Bonchev–Trinajstić information content (AvgIpc) is 3.70. The molecule has 0 aromatic heterocycles. The molecular weight excluding hydrogens is 476 g/mol. The number of aryl methyl sites for hydroxylation is 1. The van der Waals surface area contributed by atoms with Crippen LogP contribution in [-0.2, 0) is 42.7 Å². The molecule has 4 rings (SSSR count). The Labute approximate surface area is 211 Å². The average molecular weight is 507 g/mol. The summed E-state index contributed by atoms with van der Waals surface area (Å²) in [7, 11) is -3.62. The zero-order valence-electron chi connectivity index (χ0n) is 20.2. The van der Waals surface area contributed by atoms with Gasteiger partial charge in [0.25, 0.3) is 0 Å². The number of sulfonamides is 1. The Balaban J connectivity index is 1.27. The van der Waals surface area contributed by atoms with Gasteiger partial charge in [-0.2, -0.15) is 0 Å². The summed E-state index contributed by atoms with van der Waals surface area (Å²) in [6.45, 7) is 2.38. The number of hydrogen-bond acceptors (Lipinski definition) is 5. The van der Waals surface area contributed by atoms with Crippen LogP contribution in [0.1, 0.15) is 42.9 Å². The number of hydrogen-bond donors (Lipinski definition) is 2. The zero-order valence-corrected chi connectivity index (χ0v) is 21.0. The predicted octanol–water partition coefficient (Wildman–Crippen LogP) is 4.33. The van der Waals surface area contributed by atoms with Gasteiger partial charge in [-0.3, -0.25) is 9.59 Å². The fraction of sp³-hybridized carbons (Fsp3) is 0.286. The summed E-state index contributed by atoms with van der Waals surface area (Å²) in [6.07, 6.45) is 2.29. The topological polar surface area (TPSA) is 102 Å². The van der Waals surface area contributed by atoms with Gasteiger partial charge in [0.2, 0.25) is 15.9 Å². The molecule has 0 saturated heterocycles. The van der Waals surface area contributed by atoms with E-state index in [4.69, 9.17) is 4.74 Å². The van der Waals surface area contributed by atoms with Crippen LogP contribution in [0.25, 0.3) is 0 Å². The Kier molecular flexibility index (Phi) is 7.86. The lowest BCUT2D eigenvalue weighted by Gasteiger charge is -2.15. The van der Waals surface area contributed by atoms with Gasteiger partial charge in [-0.15, -0.1) is 0 Å². The number of nitrogens with one attached hydrogen (secondary N) is 2. The van der Waals surface area contributed by atoms with Gasteiger partial charge in [-0.1, -0.05) is 54.6 Å². The van der Waals surface area contributed by atoms with Crippen molar-refractivity contribution in [3.63, 3.8) is 0 Å². The van der Waals surface area contributed by atoms with Crippen LogP contribution in [-0.4, -0.2) is 26.9 Å². The maximum atomic E-state index is 12.5. The van der Waals surface area contributed by atoms with Crippen molar-refractivity contribution in [3.05, 3.63) is 95.6 Å². The van der Waals surface area contributed by atoms with Gasteiger partial charge in [0.15, 0.2) is 0 Å². The second kappa shape index (κ2) is 11.1. The number of carbonyl (C=O) groups excluding carboxylic acids is 2. The monoisotopic (exact) mass is 506 g/mol. The summed E-state index contributed by atoms with van der Waals surface area (Å²) >= 11 is 0. The van der Waals surface area contributed by atoms with Gasteiger partial charge in [0.05, 0.1) is 16.9 Å². The standard InChI is InChI=1S/C28H30N2O5S/c1-2-35-27(32)28(18-19-28)23-11-13-24(14-12-23)30-26(31)17-10-21-8-15-25(16-9-21)36(33,34)29-20-22-6-4-3-5-7-22/h3-9,11-16,29H,2,10,17-20H2,1H3,(H,30,31). The highest BCUT2D eigenvalue weighted by molar-refractivity contribution is 7.89. The van der Waals surface area contributed by atoms with Crippen LogP contribution < -0.4 is 10.0 Å². The smallest absolute Gasteiger partial charge is 0.316 e. The van der Waals surface area contributed by atoms with Gasteiger partial charge in [0.1, 0.15) is 0 Å². The first-order valence-corrected chi connectivity index (χ1v) is 13.5. The van der Waals surface area contributed by atoms with Crippen LogP contribution in [0.5, 0.6) is 0 Å². The van der Waals surface area contributed by atoms with E-state index in [1.807, 2.05) is 42.5 Å². The van der Waals surface area contributed by atoms with Gasteiger partial charge in [-0.25, -0.2) is 13.1 Å². The summed E-state index contributed by atoms with van der Waals surface area (Å²) in [5, 5.41) is 2.87. The molecule has 3 aromatic carbocycles. The van der Waals surface area contributed by atoms with Crippen molar-refractivity contribution >= 4 is 27.6 Å². The third-order valence-electron chi connectivity index (χ3n) is 6.32. The maximum Gasteiger partial charge on any atom is 0.316 e. The van der Waals surface area contributed by atoms with Gasteiger partial charge < -0.3 is 10.1 Å². The Morgan fingerprint density at radius 2 is 1.56 bits per heavy atom. The maximum absolute atomic E-state index is 12.5. The number of benzene rings is 3. The minimum absolute atomic E-state index is 0.143. The summed E-state index contributed by atoms with van der Waals surface area (Å²) in [5.41, 5.74) is 2.79. The minimum Gasteiger partial charge on any atom is -0.465 e. The third kappa shape index (κ3) is 6.19. The van der Waals surface area contributed by atoms with Gasteiger partial charge in [-0.05, 0) is 67.1 Å². The van der Waals surface area contributed by atoms with Crippen LogP contribution >= 0.6 is 0 Å². The summed E-state index contributed by atoms with van der Waals surface area (Å²) in [5.74, 6) is -0.330. The van der Waals surface area contributed by atoms with E-state index in [-0.39, 0.29) is 29.7 Å². The van der Waals surface area contributed by atoms with E-state index < -0.39 is 15.4 Å². The first kappa shape index (κ1) is 25.6. The second-order valence-electron chi connectivity index (χ2n) is 8.88. The number of esters is 1. The van der Waals surface area contributed by atoms with E-state index >= 15 is 0 Å². The second-order valence-corrected chi connectivity index (χ2v) is 10.6. The Morgan fingerprint density at radius 3 is 2.17 bits per heavy atom. The van der Waals surface area contributed by atoms with Crippen molar-refractivity contribution in [2.75, 3.05) is 11.9 Å². The van der Waals surface area contributed by atoms with E-state index in [1.165, 1.54) is 0 Å². The number of carbonyl (C=O) groups is 2. The molecule has 36 heavy (non-hydrogen) atoms. The van der Waals surface area contributed by atoms with Crippen LogP contribution in [0.15, 0.2) is 83.8 Å². The Hall–Kier alpha value is -3.49. The number of rotatable bonds is 11. The van der Waals surface area contributed by atoms with Crippen molar-refractivity contribution in [1.29, 1.82) is 0 Å². The molecule has 0 heterocycles. The highest BCUT2D eigenvalue weighted by atomic mass is 32.2. The van der Waals surface area contributed by atoms with Crippen LogP contribution in [0.3, 0.4) is 0 Å². The summed E-state index contributed by atoms with van der Waals surface area (Å²) in [6, 6.07) is 23.2. The van der Waals surface area contributed by atoms with Crippen LogP contribution in [0, 0.1) is 0 Å².